The van der Waals surface area contributed by atoms with Crippen LogP contribution < -0.4 is 10.1 Å². The molecule has 0 bridgehead atoms. The molecule has 1 heterocycles. The Hall–Kier alpha value is -3.68. The summed E-state index contributed by atoms with van der Waals surface area (Å²) in [4.78, 5) is 29.4. The van der Waals surface area contributed by atoms with Gasteiger partial charge in [-0.05, 0) is 37.1 Å². The third-order valence-corrected chi connectivity index (χ3v) is 4.62. The van der Waals surface area contributed by atoms with E-state index in [1.54, 1.807) is 31.4 Å². The smallest absolute Gasteiger partial charge is 0.329 e. The van der Waals surface area contributed by atoms with Crippen molar-refractivity contribution >= 4 is 11.9 Å². The molecule has 8 nitrogen and oxygen atoms in total. The van der Waals surface area contributed by atoms with Gasteiger partial charge in [0.25, 0.3) is 11.8 Å². The third kappa shape index (κ3) is 5.69. The lowest BCUT2D eigenvalue weighted by Gasteiger charge is -2.20. The number of aromatic nitrogens is 2. The Morgan fingerprint density at radius 1 is 1.13 bits per heavy atom. The van der Waals surface area contributed by atoms with E-state index in [9.17, 15) is 9.59 Å². The maximum atomic E-state index is 12.6. The van der Waals surface area contributed by atoms with Crippen LogP contribution in [0.1, 0.15) is 35.7 Å². The summed E-state index contributed by atoms with van der Waals surface area (Å²) in [6, 6.07) is 13.6. The average Bonchev–Trinajstić information content (AvgIpc) is 3.24. The minimum absolute atomic E-state index is 0.152. The summed E-state index contributed by atoms with van der Waals surface area (Å²) in [6.07, 6.45) is 0. The highest BCUT2D eigenvalue weighted by atomic mass is 16.6. The lowest BCUT2D eigenvalue weighted by atomic mass is 10.0. The quantitative estimate of drug-likeness (QED) is 0.553. The second-order valence-electron chi connectivity index (χ2n) is 7.42. The SMILES string of the molecule is COc1cccc(-c2noc(COC(=O)[C@@H](NC(=O)c3cccc(C)c3)C(C)C)n2)c1. The molecule has 0 aliphatic carbocycles. The lowest BCUT2D eigenvalue weighted by molar-refractivity contribution is -0.149. The molecule has 0 fully saturated rings. The third-order valence-electron chi connectivity index (χ3n) is 4.62. The minimum atomic E-state index is -0.811. The van der Waals surface area contributed by atoms with Gasteiger partial charge in [0.05, 0.1) is 7.11 Å². The van der Waals surface area contributed by atoms with Gasteiger partial charge in [-0.1, -0.05) is 48.8 Å². The number of aryl methyl sites for hydroxylation is 1. The monoisotopic (exact) mass is 423 g/mol. The molecule has 0 saturated carbocycles. The van der Waals surface area contributed by atoms with Crippen molar-refractivity contribution < 1.29 is 23.6 Å². The summed E-state index contributed by atoms with van der Waals surface area (Å²) in [5, 5.41) is 6.66. The number of amides is 1. The fourth-order valence-electron chi connectivity index (χ4n) is 2.92. The number of nitrogens with one attached hydrogen (secondary N) is 1. The Morgan fingerprint density at radius 3 is 2.61 bits per heavy atom. The van der Waals surface area contributed by atoms with Crippen molar-refractivity contribution in [3.63, 3.8) is 0 Å². The summed E-state index contributed by atoms with van der Waals surface area (Å²) in [7, 11) is 1.57. The fraction of sp³-hybridized carbons (Fsp3) is 0.304. The first-order valence-electron chi connectivity index (χ1n) is 9.88. The van der Waals surface area contributed by atoms with Gasteiger partial charge < -0.3 is 19.3 Å². The first-order valence-corrected chi connectivity index (χ1v) is 9.88. The van der Waals surface area contributed by atoms with E-state index in [1.165, 1.54) is 0 Å². The van der Waals surface area contributed by atoms with E-state index in [0.29, 0.717) is 22.7 Å². The number of hydrogen-bond acceptors (Lipinski definition) is 7. The van der Waals surface area contributed by atoms with Crippen LogP contribution in [-0.2, 0) is 16.1 Å². The second-order valence-corrected chi connectivity index (χ2v) is 7.42. The molecule has 8 heteroatoms. The van der Waals surface area contributed by atoms with Crippen LogP contribution in [0.25, 0.3) is 11.4 Å². The van der Waals surface area contributed by atoms with Gasteiger partial charge in [-0.2, -0.15) is 4.98 Å². The highest BCUT2D eigenvalue weighted by Gasteiger charge is 2.27. The molecule has 3 rings (SSSR count). The van der Waals surface area contributed by atoms with E-state index in [4.69, 9.17) is 14.0 Å². The second kappa shape index (κ2) is 9.88. The van der Waals surface area contributed by atoms with Crippen molar-refractivity contribution in [2.75, 3.05) is 7.11 Å². The highest BCUT2D eigenvalue weighted by Crippen LogP contribution is 2.21. The molecule has 1 amide bonds. The fourth-order valence-corrected chi connectivity index (χ4v) is 2.92. The molecule has 0 saturated heterocycles. The van der Waals surface area contributed by atoms with Crippen LogP contribution in [0.5, 0.6) is 5.75 Å². The van der Waals surface area contributed by atoms with E-state index in [0.717, 1.165) is 5.56 Å². The maximum absolute atomic E-state index is 12.6. The van der Waals surface area contributed by atoms with E-state index in [-0.39, 0.29) is 24.3 Å². The summed E-state index contributed by atoms with van der Waals surface area (Å²) in [5.41, 5.74) is 2.16. The molecule has 0 unspecified atom stereocenters. The van der Waals surface area contributed by atoms with Gasteiger partial charge in [0.1, 0.15) is 11.8 Å². The molecule has 3 aromatic rings. The Labute approximate surface area is 180 Å². The lowest BCUT2D eigenvalue weighted by Crippen LogP contribution is -2.45. The van der Waals surface area contributed by atoms with Crippen molar-refractivity contribution in [1.82, 2.24) is 15.5 Å². The molecule has 1 atom stereocenters. The maximum Gasteiger partial charge on any atom is 0.329 e. The molecule has 0 aliphatic rings. The molecule has 1 N–H and O–H groups in total. The van der Waals surface area contributed by atoms with Crippen molar-refractivity contribution in [2.45, 2.75) is 33.4 Å². The summed E-state index contributed by atoms with van der Waals surface area (Å²) in [6.45, 7) is 5.36. The van der Waals surface area contributed by atoms with Gasteiger partial charge in [0, 0.05) is 11.1 Å². The Morgan fingerprint density at radius 2 is 1.90 bits per heavy atom. The van der Waals surface area contributed by atoms with Crippen LogP contribution in [0.3, 0.4) is 0 Å². The van der Waals surface area contributed by atoms with E-state index in [2.05, 4.69) is 15.5 Å². The average molecular weight is 423 g/mol. The van der Waals surface area contributed by atoms with E-state index >= 15 is 0 Å². The summed E-state index contributed by atoms with van der Waals surface area (Å²) < 4.78 is 15.7. The standard InChI is InChI=1S/C23H25N3O5/c1-14(2)20(25-22(27)17-9-5-7-15(3)11-17)23(28)30-13-19-24-21(26-31-19)16-8-6-10-18(12-16)29-4/h5-12,14,20H,13H2,1-4H3,(H,25,27)/t20-/m0/s1. The number of rotatable bonds is 8. The van der Waals surface area contributed by atoms with Crippen LogP contribution >= 0.6 is 0 Å². The van der Waals surface area contributed by atoms with Crippen molar-refractivity contribution in [2.24, 2.45) is 5.92 Å². The Bertz CT molecular complexity index is 1060. The van der Waals surface area contributed by atoms with Crippen LogP contribution in [-0.4, -0.2) is 35.2 Å². The van der Waals surface area contributed by atoms with Gasteiger partial charge in [0.15, 0.2) is 6.61 Å². The van der Waals surface area contributed by atoms with Crippen molar-refractivity contribution in [1.29, 1.82) is 0 Å². The zero-order valence-electron chi connectivity index (χ0n) is 17.9. The summed E-state index contributed by atoms with van der Waals surface area (Å²) in [5.74, 6) is 0.0991. The predicted molar refractivity (Wildman–Crippen MR) is 113 cm³/mol. The van der Waals surface area contributed by atoms with Crippen LogP contribution in [0.4, 0.5) is 0 Å². The Kier molecular flexibility index (Phi) is 7.02. The van der Waals surface area contributed by atoms with Gasteiger partial charge in [0.2, 0.25) is 5.82 Å². The van der Waals surface area contributed by atoms with Crippen LogP contribution in [0, 0.1) is 12.8 Å². The van der Waals surface area contributed by atoms with E-state index < -0.39 is 12.0 Å². The molecule has 2 aromatic carbocycles. The molecular weight excluding hydrogens is 398 g/mol. The zero-order chi connectivity index (χ0) is 22.4. The number of ether oxygens (including phenoxy) is 2. The van der Waals surface area contributed by atoms with Gasteiger partial charge >= 0.3 is 5.97 Å². The molecule has 0 aliphatic heterocycles. The molecule has 0 radical (unpaired) electrons. The number of carbonyl (C=O) groups excluding carboxylic acids is 2. The first-order chi connectivity index (χ1) is 14.9. The Balaban J connectivity index is 1.62. The van der Waals surface area contributed by atoms with Crippen LogP contribution in [0.2, 0.25) is 0 Å². The van der Waals surface area contributed by atoms with Gasteiger partial charge in [-0.3, -0.25) is 4.79 Å². The number of benzene rings is 2. The first kappa shape index (κ1) is 22.0. The zero-order valence-corrected chi connectivity index (χ0v) is 17.9. The van der Waals surface area contributed by atoms with Crippen molar-refractivity contribution in [3.8, 4) is 17.1 Å². The molecular formula is C23H25N3O5. The molecule has 31 heavy (non-hydrogen) atoms. The number of hydrogen-bond donors (Lipinski definition) is 1. The number of methoxy groups -OCH3 is 1. The normalized spacial score (nSPS) is 11.8. The molecule has 162 valence electrons. The van der Waals surface area contributed by atoms with Crippen LogP contribution in [0.15, 0.2) is 53.1 Å². The number of esters is 1. The van der Waals surface area contributed by atoms with E-state index in [1.807, 2.05) is 45.0 Å². The number of carbonyl (C=O) groups is 2. The highest BCUT2D eigenvalue weighted by molar-refractivity contribution is 5.97. The van der Waals surface area contributed by atoms with Gasteiger partial charge in [-0.25, -0.2) is 4.79 Å². The van der Waals surface area contributed by atoms with Gasteiger partial charge in [-0.15, -0.1) is 0 Å². The topological polar surface area (TPSA) is 104 Å². The van der Waals surface area contributed by atoms with Crippen molar-refractivity contribution in [3.05, 3.63) is 65.5 Å². The minimum Gasteiger partial charge on any atom is -0.497 e. The molecule has 0 spiro atoms. The largest absolute Gasteiger partial charge is 0.497 e. The molecule has 1 aromatic heterocycles. The number of nitrogens with zero attached hydrogens (tertiary/aromatic N) is 2. The summed E-state index contributed by atoms with van der Waals surface area (Å²) >= 11 is 0. The predicted octanol–water partition coefficient (Wildman–Crippen LogP) is 3.55.